The number of aliphatic hydroxyl groups is 1. The lowest BCUT2D eigenvalue weighted by Crippen LogP contribution is -2.42. The number of nitrogens with zero attached hydrogens (tertiary/aromatic N) is 2. The van der Waals surface area contributed by atoms with Crippen LogP contribution in [0.5, 0.6) is 0 Å². The average molecular weight is 336 g/mol. The second kappa shape index (κ2) is 7.62. The fourth-order valence-corrected chi connectivity index (χ4v) is 2.99. The lowest BCUT2D eigenvalue weighted by molar-refractivity contribution is 0.0884. The van der Waals surface area contributed by atoms with Gasteiger partial charge in [-0.15, -0.1) is 0 Å². The highest BCUT2D eigenvalue weighted by Gasteiger charge is 2.45. The van der Waals surface area contributed by atoms with E-state index in [1.165, 1.54) is 0 Å². The monoisotopic (exact) mass is 335 g/mol. The second-order valence-corrected chi connectivity index (χ2v) is 11.6. The van der Waals surface area contributed by atoms with E-state index in [0.29, 0.717) is 0 Å². The van der Waals surface area contributed by atoms with Crippen LogP contribution >= 0.6 is 0 Å². The Balaban J connectivity index is 3.35. The van der Waals surface area contributed by atoms with Crippen molar-refractivity contribution in [3.63, 3.8) is 0 Å². The van der Waals surface area contributed by atoms with E-state index in [1.54, 1.807) is 6.92 Å². The Morgan fingerprint density at radius 3 is 2.26 bits per heavy atom. The van der Waals surface area contributed by atoms with Gasteiger partial charge in [-0.3, -0.25) is 0 Å². The van der Waals surface area contributed by atoms with Gasteiger partial charge in [0.05, 0.1) is 6.61 Å². The molecule has 0 aliphatic carbocycles. The largest absolute Gasteiger partial charge is 0.475 e. The van der Waals surface area contributed by atoms with Crippen molar-refractivity contribution in [2.75, 3.05) is 6.61 Å². The van der Waals surface area contributed by atoms with Crippen molar-refractivity contribution in [3.05, 3.63) is 52.5 Å². The normalized spacial score (nSPS) is 14.7. The van der Waals surface area contributed by atoms with Crippen molar-refractivity contribution in [2.45, 2.75) is 51.9 Å². The maximum Gasteiger partial charge on any atom is 0.472 e. The molecule has 1 N–H and O–H groups in total. The molecule has 0 heterocycles. The van der Waals surface area contributed by atoms with Gasteiger partial charge in [0.1, 0.15) is 0 Å². The molecule has 1 rings (SSSR count). The molecule has 0 amide bonds. The minimum absolute atomic E-state index is 0.0112. The summed E-state index contributed by atoms with van der Waals surface area (Å²) in [4.78, 5) is 3.25. The molecule has 1 unspecified atom stereocenters. The molecule has 0 aromatic heterocycles. The summed E-state index contributed by atoms with van der Waals surface area (Å²) in [7, 11) is -2.17. The van der Waals surface area contributed by atoms with Crippen LogP contribution in [0.3, 0.4) is 0 Å². The van der Waals surface area contributed by atoms with Gasteiger partial charge < -0.3 is 14.3 Å². The van der Waals surface area contributed by atoms with Gasteiger partial charge in [-0.25, -0.2) is 0 Å². The van der Waals surface area contributed by atoms with Gasteiger partial charge in [0, 0.05) is 0 Å². The zero-order valence-corrected chi connectivity index (χ0v) is 15.8. The van der Waals surface area contributed by atoms with Gasteiger partial charge in [0.15, 0.2) is 19.4 Å². The molecule has 0 aliphatic heterocycles. The molecule has 6 heteroatoms. The van der Waals surface area contributed by atoms with Crippen LogP contribution < -0.4 is 0 Å². The van der Waals surface area contributed by atoms with Crippen LogP contribution in [0.1, 0.15) is 39.4 Å². The zero-order chi connectivity index (χ0) is 17.7. The zero-order valence-electron chi connectivity index (χ0n) is 14.8. The highest BCUT2D eigenvalue weighted by atomic mass is 28.4. The quantitative estimate of drug-likeness (QED) is 0.431. The van der Waals surface area contributed by atoms with E-state index in [4.69, 9.17) is 9.16 Å². The number of benzene rings is 1. The Kier molecular flexibility index (Phi) is 6.36. The third kappa shape index (κ3) is 4.81. The lowest BCUT2D eigenvalue weighted by Gasteiger charge is -2.37. The van der Waals surface area contributed by atoms with Gasteiger partial charge in [0.25, 0.3) is 0 Å². The van der Waals surface area contributed by atoms with E-state index in [0.717, 1.165) is 5.56 Å². The van der Waals surface area contributed by atoms with Crippen molar-refractivity contribution in [1.29, 1.82) is 5.39 Å². The van der Waals surface area contributed by atoms with E-state index in [9.17, 15) is 10.5 Å². The Morgan fingerprint density at radius 1 is 1.26 bits per heavy atom. The molecule has 0 bridgehead atoms. The Labute approximate surface area is 139 Å². The van der Waals surface area contributed by atoms with E-state index in [1.807, 2.05) is 30.3 Å². The lowest BCUT2D eigenvalue weighted by atomic mass is 10.1. The highest BCUT2D eigenvalue weighted by Crippen LogP contribution is 2.42. The van der Waals surface area contributed by atoms with Gasteiger partial charge in [-0.05, 0) is 30.6 Å². The number of hydrogen-bond donors (Lipinski definition) is 1. The van der Waals surface area contributed by atoms with Crippen LogP contribution in [-0.4, -0.2) is 20.0 Å². The van der Waals surface area contributed by atoms with Crippen LogP contribution in [0.25, 0.3) is 4.98 Å². The fraction of sp³-hybridized carbons (Fsp3) is 0.529. The third-order valence-electron chi connectivity index (χ3n) is 4.18. The first-order chi connectivity index (χ1) is 10.6. The van der Waals surface area contributed by atoms with Crippen molar-refractivity contribution < 1.29 is 14.3 Å². The minimum atomic E-state index is -2.17. The summed E-state index contributed by atoms with van der Waals surface area (Å²) in [5.74, 6) is -0.414. The SMILES string of the molecule is CCO/C(O)=C(\[N+]#N)C(O[Si](C)(C)C(C)(C)C)c1ccccc1. The van der Waals surface area contributed by atoms with Gasteiger partial charge >= 0.3 is 11.6 Å². The van der Waals surface area contributed by atoms with Crippen LogP contribution in [0.2, 0.25) is 18.1 Å². The summed E-state index contributed by atoms with van der Waals surface area (Å²) in [6, 6.07) is 9.41. The number of hydrogen-bond acceptors (Lipinski definition) is 4. The molecule has 23 heavy (non-hydrogen) atoms. The summed E-state index contributed by atoms with van der Waals surface area (Å²) >= 11 is 0. The van der Waals surface area contributed by atoms with Crippen LogP contribution in [-0.2, 0) is 9.16 Å². The van der Waals surface area contributed by atoms with Gasteiger partial charge in [-0.2, -0.15) is 0 Å². The number of aliphatic hydroxyl groups excluding tert-OH is 1. The summed E-state index contributed by atoms with van der Waals surface area (Å²) < 4.78 is 11.5. The van der Waals surface area contributed by atoms with Gasteiger partial charge in [0.2, 0.25) is 5.39 Å². The molecule has 1 atom stereocenters. The number of ether oxygens (including phenoxy) is 1. The molecular weight excluding hydrogens is 308 g/mol. The van der Waals surface area contributed by atoms with Crippen molar-refractivity contribution in [2.24, 2.45) is 0 Å². The van der Waals surface area contributed by atoms with Crippen LogP contribution in [0, 0.1) is 5.39 Å². The maximum atomic E-state index is 10.1. The summed E-state index contributed by atoms with van der Waals surface area (Å²) in [5, 5.41) is 19.5. The minimum Gasteiger partial charge on any atom is -0.475 e. The molecule has 0 spiro atoms. The molecular formula is C17H27N2O3Si+. The molecule has 0 aliphatic rings. The molecule has 5 nitrogen and oxygen atoms in total. The fourth-order valence-electron chi connectivity index (χ4n) is 1.80. The maximum absolute atomic E-state index is 10.1. The average Bonchev–Trinajstić information content (AvgIpc) is 2.47. The molecule has 1 aromatic carbocycles. The van der Waals surface area contributed by atoms with E-state index in [2.05, 4.69) is 38.8 Å². The Bertz CT molecular complexity index is 586. The number of rotatable bonds is 6. The Hall–Kier alpha value is -1.84. The molecule has 0 saturated heterocycles. The first kappa shape index (κ1) is 19.2. The van der Waals surface area contributed by atoms with E-state index < -0.39 is 20.4 Å². The first-order valence-electron chi connectivity index (χ1n) is 7.77. The topological polar surface area (TPSA) is 66.8 Å². The van der Waals surface area contributed by atoms with E-state index >= 15 is 0 Å². The van der Waals surface area contributed by atoms with Crippen molar-refractivity contribution in [3.8, 4) is 0 Å². The van der Waals surface area contributed by atoms with Crippen molar-refractivity contribution >= 4 is 8.32 Å². The second-order valence-electron chi connectivity index (χ2n) is 6.89. The smallest absolute Gasteiger partial charge is 0.472 e. The van der Waals surface area contributed by atoms with Gasteiger partial charge in [-0.1, -0.05) is 51.1 Å². The van der Waals surface area contributed by atoms with Crippen LogP contribution in [0.4, 0.5) is 0 Å². The van der Waals surface area contributed by atoms with Crippen molar-refractivity contribution in [1.82, 2.24) is 0 Å². The predicted octanol–water partition coefficient (Wildman–Crippen LogP) is 5.37. The molecule has 0 fully saturated rings. The number of diazo groups is 1. The van der Waals surface area contributed by atoms with Crippen LogP contribution in [0.15, 0.2) is 42.0 Å². The highest BCUT2D eigenvalue weighted by molar-refractivity contribution is 6.74. The summed E-state index contributed by atoms with van der Waals surface area (Å²) in [5.41, 5.74) is 0.791. The van der Waals surface area contributed by atoms with E-state index in [-0.39, 0.29) is 17.3 Å². The molecule has 1 aromatic rings. The molecule has 126 valence electrons. The predicted molar refractivity (Wildman–Crippen MR) is 93.8 cm³/mol. The Morgan fingerprint density at radius 2 is 1.83 bits per heavy atom. The molecule has 0 saturated carbocycles. The standard InChI is InChI=1S/C17H26N2O3Si/c1-7-21-16(20)14(19-18)15(13-11-9-8-10-12-13)22-23(5,6)17(2,3)4/h8-12,15H,7H2,1-6H3/p+1/b16-14-. The summed E-state index contributed by atoms with van der Waals surface area (Å²) in [6.45, 7) is 12.6. The first-order valence-corrected chi connectivity index (χ1v) is 10.7. The molecule has 0 radical (unpaired) electrons. The summed E-state index contributed by atoms with van der Waals surface area (Å²) in [6.07, 6.45) is -0.686. The third-order valence-corrected chi connectivity index (χ3v) is 8.61.